The maximum absolute atomic E-state index is 13.3. The van der Waals surface area contributed by atoms with Crippen molar-refractivity contribution in [3.05, 3.63) is 93.6 Å². The Balaban J connectivity index is 1.44. The first-order chi connectivity index (χ1) is 17.3. The molecule has 0 saturated carbocycles. The van der Waals surface area contributed by atoms with Crippen molar-refractivity contribution in [2.75, 3.05) is 4.90 Å². The Morgan fingerprint density at radius 1 is 1.17 bits per heavy atom. The highest BCUT2D eigenvalue weighted by molar-refractivity contribution is 9.10. The number of hydrogen-bond donors (Lipinski definition) is 2. The van der Waals surface area contributed by atoms with Crippen molar-refractivity contribution in [2.45, 2.75) is 26.9 Å². The van der Waals surface area contributed by atoms with E-state index in [0.29, 0.717) is 23.1 Å². The fraction of sp³-hybridized carbons (Fsp3) is 0.148. The average Bonchev–Trinajstić information content (AvgIpc) is 3.54. The van der Waals surface area contributed by atoms with E-state index in [-0.39, 0.29) is 18.4 Å². The summed E-state index contributed by atoms with van der Waals surface area (Å²) in [5.41, 5.74) is 5.00. The number of hydrogen-bond acceptors (Lipinski definition) is 4. The fourth-order valence-corrected chi connectivity index (χ4v) is 4.80. The number of amides is 2. The molecule has 0 bridgehead atoms. The van der Waals surface area contributed by atoms with E-state index >= 15 is 0 Å². The summed E-state index contributed by atoms with van der Waals surface area (Å²) in [4.78, 5) is 27.5. The first kappa shape index (κ1) is 24.0. The fourth-order valence-electron chi connectivity index (χ4n) is 4.14. The Kier molecular flexibility index (Phi) is 6.51. The maximum atomic E-state index is 13.3. The van der Waals surface area contributed by atoms with Gasteiger partial charge < -0.3 is 19.6 Å². The first-order valence-electron chi connectivity index (χ1n) is 11.3. The average molecular weight is 563 g/mol. The summed E-state index contributed by atoms with van der Waals surface area (Å²) in [5, 5.41) is 7.16. The van der Waals surface area contributed by atoms with E-state index in [9.17, 15) is 9.59 Å². The third kappa shape index (κ3) is 4.72. The van der Waals surface area contributed by atoms with E-state index in [1.165, 1.54) is 4.90 Å². The molecule has 0 unspecified atom stereocenters. The molecule has 3 heterocycles. The van der Waals surface area contributed by atoms with Crippen LogP contribution in [0.1, 0.15) is 22.5 Å². The van der Waals surface area contributed by atoms with Crippen molar-refractivity contribution in [3.63, 3.8) is 0 Å². The van der Waals surface area contributed by atoms with Crippen LogP contribution in [-0.2, 0) is 22.7 Å². The van der Waals surface area contributed by atoms with Crippen LogP contribution in [-0.4, -0.2) is 21.5 Å². The lowest BCUT2D eigenvalue weighted by Gasteiger charge is -2.15. The number of aromatic nitrogens is 1. The zero-order valence-electron chi connectivity index (χ0n) is 19.7. The molecule has 0 radical (unpaired) electrons. The molecular formula is C27H23BrN4O3S. The van der Waals surface area contributed by atoms with E-state index in [4.69, 9.17) is 16.6 Å². The summed E-state index contributed by atoms with van der Waals surface area (Å²) in [6.07, 6.45) is 5.22. The van der Waals surface area contributed by atoms with E-state index in [1.54, 1.807) is 18.4 Å². The molecule has 1 fully saturated rings. The number of thiocarbonyl (C=S) groups is 1. The molecule has 7 nitrogen and oxygen atoms in total. The third-order valence-corrected chi connectivity index (χ3v) is 6.93. The standard InChI is InChI=1S/C27H23BrN4O3S/c1-16-5-7-20(10-17(16)2)32-26(34)23(30-27(32)36)11-18-14-31(24-8-6-19(28)12-22(18)24)15-25(33)29-13-21-4-3-9-35-21/h3-12,14H,13,15H2,1-2H3,(H,29,33)(H,30,36)/b23-11-. The van der Waals surface area contributed by atoms with Gasteiger partial charge in [0, 0.05) is 27.1 Å². The number of furan rings is 1. The minimum Gasteiger partial charge on any atom is -0.467 e. The van der Waals surface area contributed by atoms with Crippen molar-refractivity contribution in [1.82, 2.24) is 15.2 Å². The summed E-state index contributed by atoms with van der Waals surface area (Å²) < 4.78 is 8.04. The second-order valence-electron chi connectivity index (χ2n) is 8.63. The zero-order chi connectivity index (χ0) is 25.4. The molecule has 2 aromatic carbocycles. The van der Waals surface area contributed by atoms with E-state index in [0.717, 1.165) is 37.8 Å². The van der Waals surface area contributed by atoms with Crippen LogP contribution in [0.2, 0.25) is 0 Å². The van der Waals surface area contributed by atoms with Crippen molar-refractivity contribution in [3.8, 4) is 0 Å². The smallest absolute Gasteiger partial charge is 0.281 e. The number of carbonyl (C=O) groups excluding carboxylic acids is 2. The van der Waals surface area contributed by atoms with Gasteiger partial charge >= 0.3 is 0 Å². The van der Waals surface area contributed by atoms with Crippen LogP contribution in [0.15, 0.2) is 75.6 Å². The molecule has 0 aliphatic carbocycles. The minimum atomic E-state index is -0.227. The normalized spacial score (nSPS) is 14.6. The van der Waals surface area contributed by atoms with Crippen molar-refractivity contribution in [1.29, 1.82) is 0 Å². The highest BCUT2D eigenvalue weighted by Crippen LogP contribution is 2.29. The molecular weight excluding hydrogens is 540 g/mol. The molecule has 4 aromatic rings. The molecule has 5 rings (SSSR count). The summed E-state index contributed by atoms with van der Waals surface area (Å²) in [6, 6.07) is 15.2. The van der Waals surface area contributed by atoms with Gasteiger partial charge in [-0.05, 0) is 85.7 Å². The highest BCUT2D eigenvalue weighted by Gasteiger charge is 2.32. The predicted molar refractivity (Wildman–Crippen MR) is 147 cm³/mol. The SMILES string of the molecule is Cc1ccc(N2C(=O)/C(=C/c3cn(CC(=O)NCc4ccco4)c4ccc(Br)cc34)NC2=S)cc1C. The van der Waals surface area contributed by atoms with Crippen molar-refractivity contribution in [2.24, 2.45) is 0 Å². The second-order valence-corrected chi connectivity index (χ2v) is 9.93. The number of halogens is 1. The molecule has 1 aliphatic rings. The van der Waals surface area contributed by atoms with Gasteiger partial charge in [0.05, 0.1) is 18.5 Å². The Morgan fingerprint density at radius 3 is 2.75 bits per heavy atom. The van der Waals surface area contributed by atoms with Gasteiger partial charge in [-0.2, -0.15) is 0 Å². The van der Waals surface area contributed by atoms with Crippen LogP contribution in [0.4, 0.5) is 5.69 Å². The van der Waals surface area contributed by atoms with Crippen LogP contribution in [0.25, 0.3) is 17.0 Å². The Labute approximate surface area is 221 Å². The van der Waals surface area contributed by atoms with Gasteiger partial charge in [-0.1, -0.05) is 22.0 Å². The maximum Gasteiger partial charge on any atom is 0.281 e. The molecule has 2 amide bonds. The van der Waals surface area contributed by atoms with E-state index < -0.39 is 0 Å². The number of nitrogens with zero attached hydrogens (tertiary/aromatic N) is 2. The van der Waals surface area contributed by atoms with Gasteiger partial charge in [0.2, 0.25) is 5.91 Å². The van der Waals surface area contributed by atoms with Crippen LogP contribution < -0.4 is 15.5 Å². The zero-order valence-corrected chi connectivity index (χ0v) is 22.1. The number of fused-ring (bicyclic) bond motifs is 1. The molecule has 2 aromatic heterocycles. The van der Waals surface area contributed by atoms with Gasteiger partial charge in [-0.3, -0.25) is 14.5 Å². The lowest BCUT2D eigenvalue weighted by atomic mass is 10.1. The summed E-state index contributed by atoms with van der Waals surface area (Å²) in [6.45, 7) is 4.47. The minimum absolute atomic E-state index is 0.122. The first-order valence-corrected chi connectivity index (χ1v) is 12.5. The Bertz CT molecular complexity index is 1540. The molecule has 0 atom stereocenters. The Hall–Kier alpha value is -3.69. The number of rotatable bonds is 6. The van der Waals surface area contributed by atoms with Crippen LogP contribution in [0, 0.1) is 13.8 Å². The monoisotopic (exact) mass is 562 g/mol. The Morgan fingerprint density at radius 2 is 2.00 bits per heavy atom. The quantitative estimate of drug-likeness (QED) is 0.249. The molecule has 182 valence electrons. The van der Waals surface area contributed by atoms with Gasteiger partial charge in [-0.25, -0.2) is 0 Å². The lowest BCUT2D eigenvalue weighted by molar-refractivity contribution is -0.121. The second kappa shape index (κ2) is 9.75. The summed E-state index contributed by atoms with van der Waals surface area (Å²) in [5.74, 6) is 0.308. The van der Waals surface area contributed by atoms with Crippen LogP contribution >= 0.6 is 28.1 Å². The number of carbonyl (C=O) groups is 2. The van der Waals surface area contributed by atoms with Crippen LogP contribution in [0.5, 0.6) is 0 Å². The third-order valence-electron chi connectivity index (χ3n) is 6.15. The summed E-state index contributed by atoms with van der Waals surface area (Å²) in [7, 11) is 0. The molecule has 0 spiro atoms. The van der Waals surface area contributed by atoms with Crippen molar-refractivity contribution >= 4 is 67.7 Å². The molecule has 2 N–H and O–H groups in total. The molecule has 9 heteroatoms. The number of benzene rings is 2. The van der Waals surface area contributed by atoms with E-state index in [2.05, 4.69) is 26.6 Å². The van der Waals surface area contributed by atoms with Crippen LogP contribution in [0.3, 0.4) is 0 Å². The van der Waals surface area contributed by atoms with E-state index in [1.807, 2.05) is 67.1 Å². The van der Waals surface area contributed by atoms with Gasteiger partial charge in [0.25, 0.3) is 5.91 Å². The summed E-state index contributed by atoms with van der Waals surface area (Å²) >= 11 is 9.02. The molecule has 1 aliphatic heterocycles. The van der Waals surface area contributed by atoms with Gasteiger partial charge in [0.15, 0.2) is 5.11 Å². The number of aryl methyl sites for hydroxylation is 2. The number of anilines is 1. The highest BCUT2D eigenvalue weighted by atomic mass is 79.9. The van der Waals surface area contributed by atoms with Gasteiger partial charge in [-0.15, -0.1) is 0 Å². The lowest BCUT2D eigenvalue weighted by Crippen LogP contribution is -2.30. The van der Waals surface area contributed by atoms with Gasteiger partial charge in [0.1, 0.15) is 18.0 Å². The molecule has 1 saturated heterocycles. The largest absolute Gasteiger partial charge is 0.467 e. The molecule has 36 heavy (non-hydrogen) atoms. The van der Waals surface area contributed by atoms with Crippen molar-refractivity contribution < 1.29 is 14.0 Å². The predicted octanol–water partition coefficient (Wildman–Crippen LogP) is 5.19. The topological polar surface area (TPSA) is 79.5 Å². The number of nitrogens with one attached hydrogen (secondary N) is 2.